The lowest BCUT2D eigenvalue weighted by atomic mass is 9.95. The highest BCUT2D eigenvalue weighted by atomic mass is 16.5. The normalized spacial score (nSPS) is 14.2. The molecule has 4 nitrogen and oxygen atoms in total. The summed E-state index contributed by atoms with van der Waals surface area (Å²) in [6.45, 7) is 4.39. The molecule has 1 aliphatic heterocycles. The number of esters is 1. The molecule has 0 fully saturated rings. The Hall–Kier alpha value is -2.59. The lowest BCUT2D eigenvalue weighted by Gasteiger charge is -2.23. The Morgan fingerprint density at radius 1 is 1.12 bits per heavy atom. The molecule has 26 heavy (non-hydrogen) atoms. The minimum atomic E-state index is -0.365. The number of carbonyl (C=O) groups excluding carboxylic acids is 1. The monoisotopic (exact) mass is 350 g/mol. The van der Waals surface area contributed by atoms with Gasteiger partial charge in [0.15, 0.2) is 0 Å². The van der Waals surface area contributed by atoms with E-state index in [0.29, 0.717) is 13.0 Å². The van der Waals surface area contributed by atoms with Gasteiger partial charge in [0.1, 0.15) is 6.04 Å². The second-order valence-electron chi connectivity index (χ2n) is 6.89. The van der Waals surface area contributed by atoms with Gasteiger partial charge in [-0.3, -0.25) is 4.79 Å². The summed E-state index contributed by atoms with van der Waals surface area (Å²) in [6, 6.07) is 18.0. The number of para-hydroxylation sites is 1. The van der Waals surface area contributed by atoms with Crippen molar-refractivity contribution in [3.05, 3.63) is 77.5 Å². The molecule has 0 bridgehead atoms. The topological polar surface area (TPSA) is 50.4 Å². The van der Waals surface area contributed by atoms with E-state index in [2.05, 4.69) is 34.9 Å². The number of ether oxygens (including phenoxy) is 1. The van der Waals surface area contributed by atoms with Crippen LogP contribution in [-0.2, 0) is 22.5 Å². The maximum Gasteiger partial charge on any atom is 0.323 e. The maximum atomic E-state index is 12.6. The lowest BCUT2D eigenvalue weighted by Crippen LogP contribution is -2.39. The van der Waals surface area contributed by atoms with Gasteiger partial charge in [0, 0.05) is 18.4 Å². The summed E-state index contributed by atoms with van der Waals surface area (Å²) >= 11 is 0. The summed E-state index contributed by atoms with van der Waals surface area (Å²) in [5.74, 6) is -0.198. The summed E-state index contributed by atoms with van der Waals surface area (Å²) in [7, 11) is 0. The fourth-order valence-corrected chi connectivity index (χ4v) is 3.07. The quantitative estimate of drug-likeness (QED) is 0.740. The van der Waals surface area contributed by atoms with Crippen LogP contribution < -0.4 is 10.6 Å². The fraction of sp³-hybridized carbons (Fsp3) is 0.318. The summed E-state index contributed by atoms with van der Waals surface area (Å²) < 4.78 is 5.46. The Morgan fingerprint density at radius 2 is 1.85 bits per heavy atom. The van der Waals surface area contributed by atoms with Gasteiger partial charge in [-0.2, -0.15) is 0 Å². The van der Waals surface area contributed by atoms with Crippen LogP contribution in [0.2, 0.25) is 0 Å². The van der Waals surface area contributed by atoms with Crippen molar-refractivity contribution in [3.8, 4) is 0 Å². The molecule has 0 aliphatic carbocycles. The summed E-state index contributed by atoms with van der Waals surface area (Å²) in [5.41, 5.74) is 4.73. The second-order valence-corrected chi connectivity index (χ2v) is 6.89. The molecule has 0 spiro atoms. The Labute approximate surface area is 155 Å². The third-order valence-electron chi connectivity index (χ3n) is 4.36. The van der Waals surface area contributed by atoms with Gasteiger partial charge in [0.05, 0.1) is 6.10 Å². The second kappa shape index (κ2) is 8.68. The van der Waals surface area contributed by atoms with Crippen LogP contribution in [0.25, 0.3) is 0 Å². The number of anilines is 1. The van der Waals surface area contributed by atoms with Crippen molar-refractivity contribution in [1.82, 2.24) is 5.32 Å². The molecule has 1 aliphatic rings. The van der Waals surface area contributed by atoms with Gasteiger partial charge in [-0.05, 0) is 49.5 Å². The van der Waals surface area contributed by atoms with Crippen LogP contribution in [0.5, 0.6) is 0 Å². The maximum absolute atomic E-state index is 12.6. The average Bonchev–Trinajstić information content (AvgIpc) is 2.65. The third kappa shape index (κ3) is 4.96. The molecule has 1 heterocycles. The molecule has 1 unspecified atom stereocenters. The highest BCUT2D eigenvalue weighted by Crippen LogP contribution is 2.25. The summed E-state index contributed by atoms with van der Waals surface area (Å²) in [5, 5.41) is 6.70. The molecule has 0 saturated heterocycles. The van der Waals surface area contributed by atoms with E-state index in [4.69, 9.17) is 4.74 Å². The van der Waals surface area contributed by atoms with Gasteiger partial charge in [-0.25, -0.2) is 0 Å². The van der Waals surface area contributed by atoms with Crippen LogP contribution in [0.3, 0.4) is 0 Å². The number of hydrogen-bond donors (Lipinski definition) is 2. The van der Waals surface area contributed by atoms with E-state index in [1.54, 1.807) is 0 Å². The van der Waals surface area contributed by atoms with Crippen molar-refractivity contribution in [2.45, 2.75) is 45.4 Å². The van der Waals surface area contributed by atoms with Crippen LogP contribution >= 0.6 is 0 Å². The molecule has 2 N–H and O–H groups in total. The summed E-state index contributed by atoms with van der Waals surface area (Å²) in [4.78, 5) is 12.6. The molecule has 0 radical (unpaired) electrons. The van der Waals surface area contributed by atoms with E-state index < -0.39 is 0 Å². The zero-order valence-electron chi connectivity index (χ0n) is 15.4. The predicted octanol–water partition coefficient (Wildman–Crippen LogP) is 4.04. The van der Waals surface area contributed by atoms with Gasteiger partial charge < -0.3 is 15.4 Å². The molecule has 1 atom stereocenters. The number of benzene rings is 2. The van der Waals surface area contributed by atoms with E-state index in [9.17, 15) is 4.79 Å². The van der Waals surface area contributed by atoms with E-state index in [-0.39, 0.29) is 18.1 Å². The molecule has 2 aromatic rings. The Kier molecular flexibility index (Phi) is 6.08. The summed E-state index contributed by atoms with van der Waals surface area (Å²) in [6.07, 6.45) is 3.37. The van der Waals surface area contributed by atoms with Crippen molar-refractivity contribution >= 4 is 11.7 Å². The Bertz CT molecular complexity index is 769. The van der Waals surface area contributed by atoms with Crippen LogP contribution in [0.1, 0.15) is 31.4 Å². The first-order chi connectivity index (χ1) is 12.6. The largest absolute Gasteiger partial charge is 0.462 e. The van der Waals surface area contributed by atoms with E-state index >= 15 is 0 Å². The number of hydrogen-bond acceptors (Lipinski definition) is 4. The van der Waals surface area contributed by atoms with Crippen molar-refractivity contribution in [2.75, 3.05) is 5.32 Å². The smallest absolute Gasteiger partial charge is 0.323 e. The number of nitrogens with one attached hydrogen (secondary N) is 2. The van der Waals surface area contributed by atoms with Crippen LogP contribution in [0.4, 0.5) is 5.69 Å². The first-order valence-corrected chi connectivity index (χ1v) is 9.12. The third-order valence-corrected chi connectivity index (χ3v) is 4.36. The first kappa shape index (κ1) is 18.2. The number of fused-ring (bicyclic) bond motifs is 1. The zero-order chi connectivity index (χ0) is 18.4. The molecule has 0 aromatic heterocycles. The molecule has 0 amide bonds. The number of carbonyl (C=O) groups is 1. The highest BCUT2D eigenvalue weighted by molar-refractivity contribution is 5.76. The van der Waals surface area contributed by atoms with E-state index in [1.165, 1.54) is 11.1 Å². The molecule has 3 rings (SSSR count). The van der Waals surface area contributed by atoms with Crippen LogP contribution in [0.15, 0.2) is 66.4 Å². The van der Waals surface area contributed by atoms with Gasteiger partial charge in [0.2, 0.25) is 0 Å². The van der Waals surface area contributed by atoms with Gasteiger partial charge >= 0.3 is 5.97 Å². The van der Waals surface area contributed by atoms with Gasteiger partial charge in [-0.1, -0.05) is 48.5 Å². The van der Waals surface area contributed by atoms with Crippen LogP contribution in [0, 0.1) is 0 Å². The SMILES string of the molecule is CC(C)OC(=O)C(CC1=CNc2ccccc2C1)NCc1ccccc1. The zero-order valence-corrected chi connectivity index (χ0v) is 15.4. The first-order valence-electron chi connectivity index (χ1n) is 9.12. The molecule has 2 aromatic carbocycles. The van der Waals surface area contributed by atoms with Crippen LogP contribution in [-0.4, -0.2) is 18.1 Å². The average molecular weight is 350 g/mol. The molecular weight excluding hydrogens is 324 g/mol. The predicted molar refractivity (Wildman–Crippen MR) is 105 cm³/mol. The Morgan fingerprint density at radius 3 is 2.62 bits per heavy atom. The van der Waals surface area contributed by atoms with E-state index in [1.807, 2.05) is 50.4 Å². The van der Waals surface area contributed by atoms with Crippen molar-refractivity contribution < 1.29 is 9.53 Å². The highest BCUT2D eigenvalue weighted by Gasteiger charge is 2.23. The lowest BCUT2D eigenvalue weighted by molar-refractivity contribution is -0.150. The van der Waals surface area contributed by atoms with Crippen molar-refractivity contribution in [2.24, 2.45) is 0 Å². The van der Waals surface area contributed by atoms with Gasteiger partial charge in [0.25, 0.3) is 0 Å². The van der Waals surface area contributed by atoms with Gasteiger partial charge in [-0.15, -0.1) is 0 Å². The standard InChI is InChI=1S/C22H26N2O2/c1-16(2)26-22(25)21(24-14-17-8-4-3-5-9-17)13-18-12-19-10-6-7-11-20(19)23-15-18/h3-11,15-16,21,23-24H,12-14H2,1-2H3. The van der Waals surface area contributed by atoms with Crippen molar-refractivity contribution in [1.29, 1.82) is 0 Å². The number of rotatable bonds is 7. The molecule has 136 valence electrons. The van der Waals surface area contributed by atoms with Crippen molar-refractivity contribution in [3.63, 3.8) is 0 Å². The minimum Gasteiger partial charge on any atom is -0.462 e. The molecule has 0 saturated carbocycles. The minimum absolute atomic E-state index is 0.122. The Balaban J connectivity index is 1.67. The molecule has 4 heteroatoms. The molecular formula is C22H26N2O2. The fourth-order valence-electron chi connectivity index (χ4n) is 3.07. The van der Waals surface area contributed by atoms with E-state index in [0.717, 1.165) is 17.7 Å².